The molecule has 1 fully saturated rings. The lowest BCUT2D eigenvalue weighted by molar-refractivity contribution is -0.153. The molecule has 0 saturated carbocycles. The molecule has 1 aromatic heterocycles. The first kappa shape index (κ1) is 26.0. The maximum atomic E-state index is 13.5. The average Bonchev–Trinajstić information content (AvgIpc) is 2.87. The Hall–Kier alpha value is -4.13. The van der Waals surface area contributed by atoms with E-state index >= 15 is 0 Å². The molecule has 1 saturated heterocycles. The Balaban J connectivity index is 1.57. The fraction of sp³-hybridized carbons (Fsp3) is 0.375. The average molecular weight is 510 g/mol. The van der Waals surface area contributed by atoms with Gasteiger partial charge in [0.1, 0.15) is 11.8 Å². The number of aryl methyl sites for hydroxylation is 1. The summed E-state index contributed by atoms with van der Waals surface area (Å²) in [6.07, 6.45) is 0.0988. The number of rotatable bonds is 6. The van der Waals surface area contributed by atoms with Crippen LogP contribution in [0.25, 0.3) is 0 Å². The summed E-state index contributed by atoms with van der Waals surface area (Å²) in [5.74, 6) is -3.12. The van der Waals surface area contributed by atoms with E-state index in [-0.39, 0.29) is 25.2 Å². The molecule has 4 rings (SSSR count). The van der Waals surface area contributed by atoms with Crippen LogP contribution in [0.5, 0.6) is 11.5 Å². The number of fused-ring (bicyclic) bond motifs is 1. The van der Waals surface area contributed by atoms with Crippen LogP contribution in [0.15, 0.2) is 35.1 Å². The van der Waals surface area contributed by atoms with Gasteiger partial charge in [0, 0.05) is 37.6 Å². The van der Waals surface area contributed by atoms with Gasteiger partial charge in [-0.1, -0.05) is 18.2 Å². The molecule has 0 spiro atoms. The molecule has 2 atom stereocenters. The summed E-state index contributed by atoms with van der Waals surface area (Å²) >= 11 is 0. The summed E-state index contributed by atoms with van der Waals surface area (Å²) in [6.45, 7) is 3.94. The normalized spacial score (nSPS) is 18.2. The third kappa shape index (κ3) is 5.21. The summed E-state index contributed by atoms with van der Waals surface area (Å²) in [6, 6.07) is 5.44. The van der Waals surface area contributed by atoms with E-state index in [4.69, 9.17) is 4.65 Å². The van der Waals surface area contributed by atoms with Gasteiger partial charge < -0.3 is 30.0 Å². The lowest BCUT2D eigenvalue weighted by Gasteiger charge is -2.33. The summed E-state index contributed by atoms with van der Waals surface area (Å²) in [5, 5.41) is 22.6. The van der Waals surface area contributed by atoms with Crippen molar-refractivity contribution in [1.82, 2.24) is 20.1 Å². The number of Topliss-reactive ketones (excluding diaryl/α,β-unsaturated/α-hetero) is 1. The van der Waals surface area contributed by atoms with Gasteiger partial charge in [-0.3, -0.25) is 24.1 Å². The summed E-state index contributed by atoms with van der Waals surface area (Å²) in [5.41, 5.74) is 0.752. The number of imide groups is 1. The number of amides is 4. The number of pyridine rings is 1. The molecule has 4 amide bonds. The number of para-hydroxylation sites is 1. The van der Waals surface area contributed by atoms with Gasteiger partial charge >= 0.3 is 25.0 Å². The van der Waals surface area contributed by atoms with Crippen molar-refractivity contribution in [2.45, 2.75) is 38.5 Å². The third-order valence-electron chi connectivity index (χ3n) is 6.63. The quantitative estimate of drug-likeness (QED) is 0.317. The van der Waals surface area contributed by atoms with E-state index < -0.39 is 53.9 Å². The molecular weight excluding hydrogens is 483 g/mol. The van der Waals surface area contributed by atoms with Crippen LogP contribution < -0.4 is 15.5 Å². The number of H-pyrrole nitrogens is 1. The lowest BCUT2D eigenvalue weighted by Crippen LogP contribution is -2.58. The highest BCUT2D eigenvalue weighted by Gasteiger charge is 2.40. The fourth-order valence-electron chi connectivity index (χ4n) is 4.54. The van der Waals surface area contributed by atoms with Gasteiger partial charge in [0.15, 0.2) is 11.5 Å². The smallest absolute Gasteiger partial charge is 0.526 e. The van der Waals surface area contributed by atoms with Crippen LogP contribution in [-0.4, -0.2) is 75.3 Å². The van der Waals surface area contributed by atoms with Crippen LogP contribution in [0.3, 0.4) is 0 Å². The molecule has 4 N–H and O–H groups in total. The summed E-state index contributed by atoms with van der Waals surface area (Å²) in [7, 11) is -1.28. The minimum atomic E-state index is -1.43. The number of hydrogen-bond donors (Lipinski definition) is 4. The number of nitrogens with one attached hydrogen (secondary N) is 2. The topological polar surface area (TPSA) is 169 Å². The van der Waals surface area contributed by atoms with Gasteiger partial charge in [0.2, 0.25) is 0 Å². The summed E-state index contributed by atoms with van der Waals surface area (Å²) in [4.78, 5) is 67.6. The number of carbonyl (C=O) groups excluding carboxylic acids is 4. The molecule has 37 heavy (non-hydrogen) atoms. The molecule has 1 aromatic carbocycles. The number of piperazine rings is 1. The number of likely N-dealkylation sites (N-methyl/N-ethyl adjacent to an activating group) is 1. The molecule has 2 aliphatic heterocycles. The highest BCUT2D eigenvalue weighted by molar-refractivity contribution is 6.46. The fourth-order valence-corrected chi connectivity index (χ4v) is 4.54. The zero-order chi connectivity index (χ0) is 26.9. The first-order valence-electron chi connectivity index (χ1n) is 11.9. The van der Waals surface area contributed by atoms with Crippen molar-refractivity contribution in [2.24, 2.45) is 0 Å². The molecule has 2 aromatic rings. The maximum Gasteiger partial charge on any atom is 0.526 e. The second-order valence-electron chi connectivity index (χ2n) is 9.06. The second-order valence-corrected chi connectivity index (χ2v) is 9.06. The van der Waals surface area contributed by atoms with E-state index in [0.717, 1.165) is 17.2 Å². The number of nitrogens with zero attached hydrogens (tertiary/aromatic N) is 2. The number of ketones is 1. The number of hydrogen-bond acceptors (Lipinski definition) is 8. The van der Waals surface area contributed by atoms with Crippen molar-refractivity contribution in [3.63, 3.8) is 0 Å². The molecule has 12 nitrogen and oxygen atoms in total. The van der Waals surface area contributed by atoms with E-state index in [1.54, 1.807) is 6.92 Å². The predicted molar refractivity (Wildman–Crippen MR) is 131 cm³/mol. The van der Waals surface area contributed by atoms with Crippen LogP contribution in [0.4, 0.5) is 4.79 Å². The molecule has 1 unspecified atom stereocenters. The Morgan fingerprint density at radius 1 is 1.19 bits per heavy atom. The third-order valence-corrected chi connectivity index (χ3v) is 6.63. The minimum absolute atomic E-state index is 0.0328. The minimum Gasteiger partial charge on any atom is -0.536 e. The SMILES string of the molecule is CCN1CCN(C(=O)NC(C(=O)C[C@H]2Cc3cccc(C)c3OB2O)c2ccc(O)c(=O)[nH]2)C(=O)C1=O. The number of benzene rings is 1. The molecule has 0 bridgehead atoms. The van der Waals surface area contributed by atoms with Crippen molar-refractivity contribution in [3.8, 4) is 11.5 Å². The number of aromatic amines is 1. The van der Waals surface area contributed by atoms with Crippen LogP contribution in [0.2, 0.25) is 5.82 Å². The molecular formula is C24H27BN4O8. The number of aromatic hydroxyl groups is 1. The zero-order valence-electron chi connectivity index (χ0n) is 20.4. The highest BCUT2D eigenvalue weighted by Crippen LogP contribution is 2.36. The number of carbonyl (C=O) groups is 4. The Morgan fingerprint density at radius 3 is 2.65 bits per heavy atom. The molecule has 13 heteroatoms. The van der Waals surface area contributed by atoms with E-state index in [1.165, 1.54) is 11.0 Å². The standard InChI is InChI=1S/C24H27BN4O8/c1-3-28-9-10-29(23(34)22(28)33)24(35)27-19(16-7-8-17(30)21(32)26-16)18(31)12-15-11-14-6-4-5-13(2)20(14)37-25(15)36/h4-8,15,19,30,36H,3,9-12H2,1-2H3,(H,26,32)(H,27,35)/t15-,19?/m1/s1. The molecule has 0 radical (unpaired) electrons. The first-order chi connectivity index (χ1) is 17.6. The van der Waals surface area contributed by atoms with Gasteiger partial charge in [-0.15, -0.1) is 0 Å². The zero-order valence-corrected chi connectivity index (χ0v) is 20.4. The van der Waals surface area contributed by atoms with Gasteiger partial charge in [-0.05, 0) is 43.5 Å². The highest BCUT2D eigenvalue weighted by atomic mass is 16.5. The van der Waals surface area contributed by atoms with Gasteiger partial charge in [-0.25, -0.2) is 4.79 Å². The van der Waals surface area contributed by atoms with E-state index in [9.17, 15) is 34.1 Å². The van der Waals surface area contributed by atoms with Crippen LogP contribution >= 0.6 is 0 Å². The molecule has 194 valence electrons. The van der Waals surface area contributed by atoms with E-state index in [0.29, 0.717) is 23.6 Å². The second kappa shape index (κ2) is 10.5. The van der Waals surface area contributed by atoms with Crippen LogP contribution in [0.1, 0.15) is 36.2 Å². The maximum absolute atomic E-state index is 13.5. The number of urea groups is 1. The van der Waals surface area contributed by atoms with Crippen molar-refractivity contribution < 1.29 is 34.0 Å². The number of aromatic nitrogens is 1. The monoisotopic (exact) mass is 510 g/mol. The first-order valence-corrected chi connectivity index (χ1v) is 11.9. The Labute approximate surface area is 212 Å². The summed E-state index contributed by atoms with van der Waals surface area (Å²) < 4.78 is 5.65. The Morgan fingerprint density at radius 2 is 1.95 bits per heavy atom. The van der Waals surface area contributed by atoms with Gasteiger partial charge in [0.25, 0.3) is 5.56 Å². The van der Waals surface area contributed by atoms with E-state index in [2.05, 4.69) is 10.3 Å². The van der Waals surface area contributed by atoms with Gasteiger partial charge in [-0.2, -0.15) is 0 Å². The van der Waals surface area contributed by atoms with Crippen molar-refractivity contribution in [3.05, 3.63) is 57.5 Å². The van der Waals surface area contributed by atoms with Crippen molar-refractivity contribution in [2.75, 3.05) is 19.6 Å². The van der Waals surface area contributed by atoms with E-state index in [1.807, 2.05) is 25.1 Å². The van der Waals surface area contributed by atoms with Crippen molar-refractivity contribution in [1.29, 1.82) is 0 Å². The lowest BCUT2D eigenvalue weighted by atomic mass is 9.64. The van der Waals surface area contributed by atoms with Crippen LogP contribution in [-0.2, 0) is 20.8 Å². The molecule has 2 aliphatic rings. The Kier molecular flexibility index (Phi) is 7.34. The predicted octanol–water partition coefficient (Wildman–Crippen LogP) is 0.275. The van der Waals surface area contributed by atoms with Crippen molar-refractivity contribution >= 4 is 30.7 Å². The Bertz CT molecular complexity index is 1310. The largest absolute Gasteiger partial charge is 0.536 e. The molecule has 0 aliphatic carbocycles. The van der Waals surface area contributed by atoms with Gasteiger partial charge in [0.05, 0.1) is 0 Å². The molecule has 3 heterocycles. The van der Waals surface area contributed by atoms with Crippen LogP contribution in [0, 0.1) is 6.92 Å².